The highest BCUT2D eigenvalue weighted by molar-refractivity contribution is 6.37. The van der Waals surface area contributed by atoms with Crippen molar-refractivity contribution in [1.82, 2.24) is 9.55 Å². The second kappa shape index (κ2) is 5.68. The van der Waals surface area contributed by atoms with E-state index in [1.54, 1.807) is 36.4 Å². The van der Waals surface area contributed by atoms with Gasteiger partial charge in [0.2, 0.25) is 0 Å². The molecule has 0 unspecified atom stereocenters. The van der Waals surface area contributed by atoms with Gasteiger partial charge in [0.05, 0.1) is 32.5 Å². The first kappa shape index (κ1) is 14.4. The molecule has 6 heteroatoms. The van der Waals surface area contributed by atoms with Crippen LogP contribution < -0.4 is 5.56 Å². The Morgan fingerprint density at radius 1 is 1.00 bits per heavy atom. The molecule has 0 N–H and O–H groups in total. The molecule has 0 fully saturated rings. The molecule has 0 aliphatic heterocycles. The van der Waals surface area contributed by atoms with Crippen molar-refractivity contribution in [2.75, 3.05) is 0 Å². The van der Waals surface area contributed by atoms with Crippen molar-refractivity contribution in [3.8, 4) is 5.69 Å². The lowest BCUT2D eigenvalue weighted by Gasteiger charge is -2.14. The first-order chi connectivity index (χ1) is 10.1. The number of aromatic nitrogens is 2. The van der Waals surface area contributed by atoms with E-state index in [9.17, 15) is 4.79 Å². The van der Waals surface area contributed by atoms with E-state index in [2.05, 4.69) is 4.98 Å². The van der Waals surface area contributed by atoms with Gasteiger partial charge in [-0.15, -0.1) is 11.6 Å². The maximum atomic E-state index is 12.8. The molecular formula is C15H9Cl3N2O. The monoisotopic (exact) mass is 338 g/mol. The van der Waals surface area contributed by atoms with E-state index in [1.165, 1.54) is 4.57 Å². The molecule has 3 nitrogen and oxygen atoms in total. The van der Waals surface area contributed by atoms with E-state index in [4.69, 9.17) is 34.8 Å². The van der Waals surface area contributed by atoms with E-state index in [0.717, 1.165) is 0 Å². The maximum Gasteiger partial charge on any atom is 0.266 e. The van der Waals surface area contributed by atoms with Gasteiger partial charge in [-0.05, 0) is 24.3 Å². The second-order valence-electron chi connectivity index (χ2n) is 4.39. The third kappa shape index (κ3) is 2.42. The van der Waals surface area contributed by atoms with Crippen LogP contribution in [0.4, 0.5) is 0 Å². The van der Waals surface area contributed by atoms with Crippen molar-refractivity contribution in [1.29, 1.82) is 0 Å². The Morgan fingerprint density at radius 2 is 1.67 bits per heavy atom. The van der Waals surface area contributed by atoms with Gasteiger partial charge in [-0.25, -0.2) is 4.98 Å². The van der Waals surface area contributed by atoms with Crippen LogP contribution in [0.1, 0.15) is 5.82 Å². The zero-order chi connectivity index (χ0) is 15.0. The molecule has 0 amide bonds. The summed E-state index contributed by atoms with van der Waals surface area (Å²) >= 11 is 18.4. The molecule has 0 bridgehead atoms. The largest absolute Gasteiger partial charge is 0.268 e. The van der Waals surface area contributed by atoms with Crippen LogP contribution in [-0.2, 0) is 5.88 Å². The Bertz CT molecular complexity index is 869. The Hall–Kier alpha value is -1.55. The summed E-state index contributed by atoms with van der Waals surface area (Å²) in [6.07, 6.45) is 0. The van der Waals surface area contributed by atoms with E-state index in [-0.39, 0.29) is 11.4 Å². The summed E-state index contributed by atoms with van der Waals surface area (Å²) in [6, 6.07) is 12.1. The number of para-hydroxylation sites is 2. The highest BCUT2D eigenvalue weighted by atomic mass is 35.5. The molecule has 3 aromatic rings. The zero-order valence-corrected chi connectivity index (χ0v) is 13.0. The Morgan fingerprint density at radius 3 is 2.33 bits per heavy atom. The molecule has 0 saturated carbocycles. The summed E-state index contributed by atoms with van der Waals surface area (Å²) in [4.78, 5) is 17.2. The summed E-state index contributed by atoms with van der Waals surface area (Å²) in [6.45, 7) is 0. The van der Waals surface area contributed by atoms with Gasteiger partial charge >= 0.3 is 0 Å². The van der Waals surface area contributed by atoms with Crippen LogP contribution in [0.25, 0.3) is 16.6 Å². The highest BCUT2D eigenvalue weighted by Crippen LogP contribution is 2.28. The van der Waals surface area contributed by atoms with Gasteiger partial charge in [-0.2, -0.15) is 0 Å². The SMILES string of the molecule is O=c1c2ccccc2nc(CCl)n1-c1c(Cl)cccc1Cl. The van der Waals surface area contributed by atoms with E-state index in [0.29, 0.717) is 32.5 Å². The Balaban J connectivity index is 2.47. The van der Waals surface area contributed by atoms with Crippen molar-refractivity contribution in [3.63, 3.8) is 0 Å². The van der Waals surface area contributed by atoms with Crippen molar-refractivity contribution in [2.24, 2.45) is 0 Å². The molecule has 0 aliphatic carbocycles. The summed E-state index contributed by atoms with van der Waals surface area (Å²) in [5.74, 6) is 0.470. The van der Waals surface area contributed by atoms with E-state index in [1.807, 2.05) is 6.07 Å². The highest BCUT2D eigenvalue weighted by Gasteiger charge is 2.16. The fraction of sp³-hybridized carbons (Fsp3) is 0.0667. The molecular weight excluding hydrogens is 331 g/mol. The van der Waals surface area contributed by atoms with E-state index >= 15 is 0 Å². The van der Waals surface area contributed by atoms with Gasteiger partial charge < -0.3 is 0 Å². The molecule has 106 valence electrons. The normalized spacial score (nSPS) is 11.0. The van der Waals surface area contributed by atoms with Gasteiger partial charge in [-0.1, -0.05) is 41.4 Å². The van der Waals surface area contributed by atoms with Gasteiger partial charge in [-0.3, -0.25) is 9.36 Å². The molecule has 0 saturated heterocycles. The molecule has 0 aliphatic rings. The smallest absolute Gasteiger partial charge is 0.266 e. The molecule has 0 spiro atoms. The lowest BCUT2D eigenvalue weighted by Crippen LogP contribution is -2.24. The van der Waals surface area contributed by atoms with Crippen molar-refractivity contribution < 1.29 is 0 Å². The number of hydrogen-bond acceptors (Lipinski definition) is 2. The fourth-order valence-corrected chi connectivity index (χ4v) is 2.95. The van der Waals surface area contributed by atoms with Crippen molar-refractivity contribution in [3.05, 3.63) is 68.7 Å². The number of benzene rings is 2. The molecule has 3 rings (SSSR count). The first-order valence-corrected chi connectivity index (χ1v) is 7.43. The molecule has 1 aromatic heterocycles. The summed E-state index contributed by atoms with van der Waals surface area (Å²) in [5, 5.41) is 1.23. The molecule has 0 atom stereocenters. The first-order valence-electron chi connectivity index (χ1n) is 6.14. The van der Waals surface area contributed by atoms with Crippen LogP contribution in [0, 0.1) is 0 Å². The second-order valence-corrected chi connectivity index (χ2v) is 5.47. The van der Waals surface area contributed by atoms with Gasteiger partial charge in [0.25, 0.3) is 5.56 Å². The molecule has 2 aromatic carbocycles. The van der Waals surface area contributed by atoms with Crippen LogP contribution in [-0.4, -0.2) is 9.55 Å². The average Bonchev–Trinajstić information content (AvgIpc) is 2.49. The summed E-state index contributed by atoms with van der Waals surface area (Å²) in [7, 11) is 0. The summed E-state index contributed by atoms with van der Waals surface area (Å²) in [5.41, 5.74) is 0.753. The average molecular weight is 340 g/mol. The van der Waals surface area contributed by atoms with Crippen molar-refractivity contribution >= 4 is 45.7 Å². The topological polar surface area (TPSA) is 34.9 Å². The summed E-state index contributed by atoms with van der Waals surface area (Å²) < 4.78 is 1.38. The number of fused-ring (bicyclic) bond motifs is 1. The van der Waals surface area contributed by atoms with Gasteiger partial charge in [0.15, 0.2) is 0 Å². The Kier molecular flexibility index (Phi) is 3.89. The number of nitrogens with zero attached hydrogens (tertiary/aromatic N) is 2. The number of rotatable bonds is 2. The lowest BCUT2D eigenvalue weighted by atomic mass is 10.2. The number of hydrogen-bond donors (Lipinski definition) is 0. The minimum absolute atomic E-state index is 0.0711. The quantitative estimate of drug-likeness (QED) is 0.647. The molecule has 21 heavy (non-hydrogen) atoms. The lowest BCUT2D eigenvalue weighted by molar-refractivity contribution is 0.882. The van der Waals surface area contributed by atoms with Crippen LogP contribution in [0.3, 0.4) is 0 Å². The molecule has 0 radical (unpaired) electrons. The minimum atomic E-state index is -0.244. The third-order valence-electron chi connectivity index (χ3n) is 3.13. The van der Waals surface area contributed by atoms with Gasteiger partial charge in [0.1, 0.15) is 5.82 Å². The van der Waals surface area contributed by atoms with Crippen LogP contribution in [0.2, 0.25) is 10.0 Å². The van der Waals surface area contributed by atoms with Gasteiger partial charge in [0, 0.05) is 0 Å². The zero-order valence-electron chi connectivity index (χ0n) is 10.7. The van der Waals surface area contributed by atoms with Crippen LogP contribution >= 0.6 is 34.8 Å². The predicted octanol–water partition coefficient (Wildman–Crippen LogP) is 4.43. The predicted molar refractivity (Wildman–Crippen MR) is 86.9 cm³/mol. The van der Waals surface area contributed by atoms with Crippen molar-refractivity contribution in [2.45, 2.75) is 5.88 Å². The van der Waals surface area contributed by atoms with E-state index < -0.39 is 0 Å². The Labute approximate surface area is 135 Å². The fourth-order valence-electron chi connectivity index (χ4n) is 2.20. The van der Waals surface area contributed by atoms with Crippen LogP contribution in [0.15, 0.2) is 47.3 Å². The minimum Gasteiger partial charge on any atom is -0.268 e. The number of alkyl halides is 1. The number of halogens is 3. The van der Waals surface area contributed by atoms with Crippen LogP contribution in [0.5, 0.6) is 0 Å². The third-order valence-corrected chi connectivity index (χ3v) is 3.97. The standard InChI is InChI=1S/C15H9Cl3N2O/c16-8-13-19-12-7-2-1-4-9(12)15(21)20(13)14-10(17)5-3-6-11(14)18/h1-7H,8H2. The maximum absolute atomic E-state index is 12.8. The molecule has 1 heterocycles.